The van der Waals surface area contributed by atoms with Crippen LogP contribution in [0.15, 0.2) is 0 Å². The number of rotatable bonds is 4. The van der Waals surface area contributed by atoms with Gasteiger partial charge in [-0.1, -0.05) is 0 Å². The van der Waals surface area contributed by atoms with Gasteiger partial charge in [-0.05, 0) is 6.92 Å². The molecule has 0 aromatic carbocycles. The molecule has 0 aliphatic rings. The second-order valence-corrected chi connectivity index (χ2v) is 3.34. The van der Waals surface area contributed by atoms with E-state index >= 15 is 0 Å². The summed E-state index contributed by atoms with van der Waals surface area (Å²) >= 11 is -2.55. The zero-order valence-electron chi connectivity index (χ0n) is 7.33. The van der Waals surface area contributed by atoms with Crippen molar-refractivity contribution < 1.29 is 21.0 Å². The lowest BCUT2D eigenvalue weighted by Crippen LogP contribution is -2.30. The first-order chi connectivity index (χ1) is 5.56. The molecule has 0 aliphatic heterocycles. The van der Waals surface area contributed by atoms with Gasteiger partial charge < -0.3 is 11.4 Å². The van der Waals surface area contributed by atoms with Gasteiger partial charge in [0.1, 0.15) is 0 Å². The molecule has 0 heterocycles. The molecule has 0 spiro atoms. The third-order valence-electron chi connectivity index (χ3n) is 0.827. The van der Waals surface area contributed by atoms with E-state index in [2.05, 4.69) is 7.58 Å². The first-order valence-corrected chi connectivity index (χ1v) is 4.93. The van der Waals surface area contributed by atoms with Crippen molar-refractivity contribution in [3.05, 3.63) is 0 Å². The smallest absolute Gasteiger partial charge is 0.562 e. The zero-order valence-corrected chi connectivity index (χ0v) is 8.48. The first-order valence-electron chi connectivity index (χ1n) is 3.52. The minimum absolute atomic E-state index is 0.359. The summed E-state index contributed by atoms with van der Waals surface area (Å²) in [5.74, 6) is -0.997. The maximum atomic E-state index is 10.5. The van der Waals surface area contributed by atoms with Crippen LogP contribution >= 0.6 is 0 Å². The minimum Gasteiger partial charge on any atom is -0.562 e. The zero-order chi connectivity index (χ0) is 9.56. The van der Waals surface area contributed by atoms with Gasteiger partial charge in [0.2, 0.25) is 0 Å². The summed E-state index contributed by atoms with van der Waals surface area (Å²) in [7, 11) is 0. The highest BCUT2D eigenvalue weighted by atomic mass is 27.3. The Kier molecular flexibility index (Phi) is 5.72. The fourth-order valence-electron chi connectivity index (χ4n) is 0.499. The number of carbonyl (C=O) groups excluding carboxylic acids is 2. The molecule has 0 atom stereocenters. The topological polar surface area (TPSA) is 61.8 Å². The van der Waals surface area contributed by atoms with E-state index in [1.807, 2.05) is 0 Å². The molecule has 6 heteroatoms. The molecule has 0 fully saturated rings. The van der Waals surface area contributed by atoms with Gasteiger partial charge in [-0.25, -0.2) is 0 Å². The van der Waals surface area contributed by atoms with E-state index < -0.39 is 27.1 Å². The van der Waals surface area contributed by atoms with E-state index in [1.54, 1.807) is 6.92 Å². The fourth-order valence-corrected chi connectivity index (χ4v) is 1.50. The normalized spacial score (nSPS) is 8.92. The molecule has 0 aromatic rings. The molecule has 12 heavy (non-hydrogen) atoms. The van der Waals surface area contributed by atoms with Crippen LogP contribution in [-0.2, 0) is 21.0 Å². The molecule has 0 saturated heterocycles. The van der Waals surface area contributed by atoms with E-state index in [0.717, 1.165) is 0 Å². The molecule has 0 rings (SSSR count). The maximum absolute atomic E-state index is 10.5. The Morgan fingerprint density at radius 2 is 1.58 bits per heavy atom. The van der Waals surface area contributed by atoms with Gasteiger partial charge in [0, 0.05) is 20.5 Å². The van der Waals surface area contributed by atoms with Crippen LogP contribution in [0.5, 0.6) is 0 Å². The van der Waals surface area contributed by atoms with Crippen molar-refractivity contribution in [1.82, 2.24) is 0 Å². The Morgan fingerprint density at radius 3 is 1.83 bits per heavy atom. The standard InChI is InChI=1S/2C2H4O2.C2H5O.Al/c2*1-2(3)4;1-2-3;/h2*1H3,(H,3,4);2H2,1H3;/q;;-1;+3/p-2. The van der Waals surface area contributed by atoms with Crippen LogP contribution in [-0.4, -0.2) is 33.7 Å². The largest absolute Gasteiger partial charge is 1.10 e. The quantitative estimate of drug-likeness (QED) is 0.590. The van der Waals surface area contributed by atoms with E-state index in [0.29, 0.717) is 6.61 Å². The fraction of sp³-hybridized carbons (Fsp3) is 0.667. The highest BCUT2D eigenvalue weighted by molar-refractivity contribution is 6.41. The van der Waals surface area contributed by atoms with Crippen LogP contribution in [0.4, 0.5) is 0 Å². The van der Waals surface area contributed by atoms with Crippen LogP contribution in [0.25, 0.3) is 0 Å². The van der Waals surface area contributed by atoms with Crippen LogP contribution in [0.3, 0.4) is 0 Å². The molecule has 0 bridgehead atoms. The Hall–Kier alpha value is -0.568. The molecule has 0 radical (unpaired) electrons. The summed E-state index contributed by atoms with van der Waals surface area (Å²) in [6.45, 7) is 4.56. The predicted molar refractivity (Wildman–Crippen MR) is 40.9 cm³/mol. The second kappa shape index (κ2) is 6.01. The highest BCUT2D eigenvalue weighted by Gasteiger charge is 2.40. The molecule has 0 N–H and O–H groups in total. The summed E-state index contributed by atoms with van der Waals surface area (Å²) in [5.41, 5.74) is 0. The van der Waals surface area contributed by atoms with Crippen molar-refractivity contribution in [1.29, 1.82) is 0 Å². The monoisotopic (exact) mass is 190 g/mol. The lowest BCUT2D eigenvalue weighted by atomic mass is 10.9. The van der Waals surface area contributed by atoms with Gasteiger partial charge in [0.15, 0.2) is 0 Å². The lowest BCUT2D eigenvalue weighted by Gasteiger charge is -2.08. The van der Waals surface area contributed by atoms with Crippen molar-refractivity contribution >= 4 is 27.1 Å². The van der Waals surface area contributed by atoms with Crippen molar-refractivity contribution in [3.8, 4) is 0 Å². The summed E-state index contributed by atoms with van der Waals surface area (Å²) in [4.78, 5) is 20.9. The van der Waals surface area contributed by atoms with E-state index in [4.69, 9.17) is 3.79 Å². The van der Waals surface area contributed by atoms with Crippen LogP contribution < -0.4 is 0 Å². The molecule has 0 saturated carbocycles. The highest BCUT2D eigenvalue weighted by Crippen LogP contribution is 1.93. The lowest BCUT2D eigenvalue weighted by molar-refractivity contribution is -0.140. The van der Waals surface area contributed by atoms with Gasteiger partial charge in [0.05, 0.1) is 0 Å². The van der Waals surface area contributed by atoms with Crippen molar-refractivity contribution in [2.24, 2.45) is 0 Å². The third-order valence-corrected chi connectivity index (χ3v) is 2.48. The molecule has 68 valence electrons. The summed E-state index contributed by atoms with van der Waals surface area (Å²) < 4.78 is 14.2. The Bertz CT molecular complexity index is 153. The van der Waals surface area contributed by atoms with Crippen molar-refractivity contribution in [2.75, 3.05) is 6.61 Å². The molecule has 0 aliphatic carbocycles. The van der Waals surface area contributed by atoms with Gasteiger partial charge in [-0.2, -0.15) is 0 Å². The molecule has 0 amide bonds. The molecule has 0 unspecified atom stereocenters. The SMILES string of the molecule is CC[O][Al]([O]C(C)=O)[O]C(C)=O. The van der Waals surface area contributed by atoms with Crippen LogP contribution in [0.2, 0.25) is 0 Å². The number of hydrogen-bond donors (Lipinski definition) is 0. The molecular weight excluding hydrogens is 179 g/mol. The predicted octanol–water partition coefficient (Wildman–Crippen LogP) is 0.134. The van der Waals surface area contributed by atoms with Crippen LogP contribution in [0.1, 0.15) is 20.8 Å². The van der Waals surface area contributed by atoms with E-state index in [1.165, 1.54) is 13.8 Å². The second-order valence-electron chi connectivity index (χ2n) is 1.96. The van der Waals surface area contributed by atoms with Gasteiger partial charge in [-0.15, -0.1) is 0 Å². The minimum atomic E-state index is -2.55. The van der Waals surface area contributed by atoms with Crippen molar-refractivity contribution in [3.63, 3.8) is 0 Å². The van der Waals surface area contributed by atoms with Gasteiger partial charge in [0.25, 0.3) is 11.9 Å². The Labute approximate surface area is 76.0 Å². The van der Waals surface area contributed by atoms with E-state index in [-0.39, 0.29) is 0 Å². The molecular formula is C6H11AlO5. The van der Waals surface area contributed by atoms with E-state index in [9.17, 15) is 9.59 Å². The van der Waals surface area contributed by atoms with Gasteiger partial charge >= 0.3 is 15.1 Å². The molecule has 5 nitrogen and oxygen atoms in total. The summed E-state index contributed by atoms with van der Waals surface area (Å²) in [5, 5.41) is 0. The third kappa shape index (κ3) is 6.16. The summed E-state index contributed by atoms with van der Waals surface area (Å²) in [6.07, 6.45) is 0. The Balaban J connectivity index is 3.85. The number of carbonyl (C=O) groups is 2. The average molecular weight is 190 g/mol. The molecule has 0 aromatic heterocycles. The maximum Gasteiger partial charge on any atom is 1.10 e. The van der Waals surface area contributed by atoms with Crippen molar-refractivity contribution in [2.45, 2.75) is 20.8 Å². The van der Waals surface area contributed by atoms with Crippen LogP contribution in [0, 0.1) is 0 Å². The Morgan fingerprint density at radius 1 is 1.17 bits per heavy atom. The average Bonchev–Trinajstić information content (AvgIpc) is 1.84. The summed E-state index contributed by atoms with van der Waals surface area (Å²) in [6, 6.07) is 0. The first kappa shape index (κ1) is 11.4. The number of hydrogen-bond acceptors (Lipinski definition) is 5. The van der Waals surface area contributed by atoms with Gasteiger partial charge in [-0.3, -0.25) is 9.59 Å².